The highest BCUT2D eigenvalue weighted by atomic mass is 35.5. The van der Waals surface area contributed by atoms with Gasteiger partial charge in [0.2, 0.25) is 0 Å². The Balaban J connectivity index is 0. The summed E-state index contributed by atoms with van der Waals surface area (Å²) < 4.78 is 0. The Morgan fingerprint density at radius 2 is 1.73 bits per heavy atom. The van der Waals surface area contributed by atoms with E-state index in [4.69, 9.17) is 11.6 Å². The van der Waals surface area contributed by atoms with Gasteiger partial charge in [0, 0.05) is 5.03 Å². The first-order chi connectivity index (χ1) is 5.16. The summed E-state index contributed by atoms with van der Waals surface area (Å²) in [5.74, 6) is 0. The smallest absolute Gasteiger partial charge is 0.0334 e. The van der Waals surface area contributed by atoms with Gasteiger partial charge < -0.3 is 0 Å². The molecule has 0 N–H and O–H groups in total. The zero-order chi connectivity index (χ0) is 9.28. The topological polar surface area (TPSA) is 0 Å². The Bertz CT molecular complexity index is 152. The van der Waals surface area contributed by atoms with Crippen LogP contribution in [0.25, 0.3) is 0 Å². The number of hydrogen-bond acceptors (Lipinski definition) is 0. The van der Waals surface area contributed by atoms with Gasteiger partial charge >= 0.3 is 0 Å². The SMILES string of the molecule is C=C(Cl)/C=C\C(C)=C/C.CC. The molecule has 0 aliphatic carbocycles. The van der Waals surface area contributed by atoms with E-state index in [0.717, 1.165) is 0 Å². The molecular weight excluding hydrogens is 156 g/mol. The first-order valence-electron chi connectivity index (χ1n) is 3.82. The van der Waals surface area contributed by atoms with Gasteiger partial charge in [0.1, 0.15) is 0 Å². The van der Waals surface area contributed by atoms with Crippen molar-refractivity contribution in [2.24, 2.45) is 0 Å². The van der Waals surface area contributed by atoms with Crippen molar-refractivity contribution < 1.29 is 0 Å². The minimum Gasteiger partial charge on any atom is -0.0850 e. The minimum atomic E-state index is 0.566. The van der Waals surface area contributed by atoms with Crippen LogP contribution in [0, 0.1) is 0 Å². The second kappa shape index (κ2) is 9.51. The number of halogens is 1. The van der Waals surface area contributed by atoms with Crippen LogP contribution in [-0.4, -0.2) is 0 Å². The summed E-state index contributed by atoms with van der Waals surface area (Å²) in [7, 11) is 0. The van der Waals surface area contributed by atoms with E-state index >= 15 is 0 Å². The van der Waals surface area contributed by atoms with Crippen LogP contribution in [-0.2, 0) is 0 Å². The van der Waals surface area contributed by atoms with Gasteiger partial charge in [0.15, 0.2) is 0 Å². The molecule has 0 fully saturated rings. The molecule has 0 nitrogen and oxygen atoms in total. The lowest BCUT2D eigenvalue weighted by atomic mass is 10.3. The van der Waals surface area contributed by atoms with E-state index < -0.39 is 0 Å². The largest absolute Gasteiger partial charge is 0.0850 e. The highest BCUT2D eigenvalue weighted by Gasteiger charge is 1.77. The van der Waals surface area contributed by atoms with Crippen molar-refractivity contribution in [3.63, 3.8) is 0 Å². The fourth-order valence-electron chi connectivity index (χ4n) is 0.318. The van der Waals surface area contributed by atoms with Crippen LogP contribution in [0.15, 0.2) is 35.4 Å². The summed E-state index contributed by atoms with van der Waals surface area (Å²) >= 11 is 5.47. The van der Waals surface area contributed by atoms with E-state index in [1.54, 1.807) is 6.08 Å². The average molecular weight is 173 g/mol. The van der Waals surface area contributed by atoms with Gasteiger partial charge in [-0.1, -0.05) is 49.8 Å². The Morgan fingerprint density at radius 1 is 1.27 bits per heavy atom. The summed E-state index contributed by atoms with van der Waals surface area (Å²) in [6, 6.07) is 0. The molecular formula is C10H17Cl. The Morgan fingerprint density at radius 3 is 2.00 bits per heavy atom. The van der Waals surface area contributed by atoms with E-state index in [1.165, 1.54) is 5.57 Å². The molecule has 0 saturated heterocycles. The lowest BCUT2D eigenvalue weighted by molar-refractivity contribution is 1.48. The Labute approximate surface area is 75.3 Å². The van der Waals surface area contributed by atoms with E-state index in [0.29, 0.717) is 5.03 Å². The highest BCUT2D eigenvalue weighted by molar-refractivity contribution is 6.30. The summed E-state index contributed by atoms with van der Waals surface area (Å²) in [5, 5.41) is 0.566. The molecule has 0 amide bonds. The van der Waals surface area contributed by atoms with Gasteiger partial charge in [-0.05, 0) is 19.9 Å². The third-order valence-electron chi connectivity index (χ3n) is 0.982. The third kappa shape index (κ3) is 12.7. The molecule has 64 valence electrons. The van der Waals surface area contributed by atoms with Crippen LogP contribution in [0.4, 0.5) is 0 Å². The zero-order valence-corrected chi connectivity index (χ0v) is 8.57. The van der Waals surface area contributed by atoms with Crippen molar-refractivity contribution in [1.29, 1.82) is 0 Å². The van der Waals surface area contributed by atoms with E-state index in [9.17, 15) is 0 Å². The Kier molecular flexibility index (Phi) is 11.3. The monoisotopic (exact) mass is 172 g/mol. The second-order valence-corrected chi connectivity index (χ2v) is 2.30. The molecule has 0 aliphatic rings. The van der Waals surface area contributed by atoms with Crippen molar-refractivity contribution in [2.75, 3.05) is 0 Å². The van der Waals surface area contributed by atoms with Crippen molar-refractivity contribution in [3.05, 3.63) is 35.4 Å². The lowest BCUT2D eigenvalue weighted by Crippen LogP contribution is -1.64. The van der Waals surface area contributed by atoms with Crippen molar-refractivity contribution in [3.8, 4) is 0 Å². The number of hydrogen-bond donors (Lipinski definition) is 0. The van der Waals surface area contributed by atoms with Gasteiger partial charge in [-0.3, -0.25) is 0 Å². The van der Waals surface area contributed by atoms with Crippen LogP contribution in [0.5, 0.6) is 0 Å². The quantitative estimate of drug-likeness (QED) is 0.546. The van der Waals surface area contributed by atoms with Crippen LogP contribution < -0.4 is 0 Å². The molecule has 0 spiro atoms. The molecule has 0 aromatic heterocycles. The molecule has 0 unspecified atom stereocenters. The molecule has 0 rings (SSSR count). The van der Waals surface area contributed by atoms with Crippen molar-refractivity contribution >= 4 is 11.6 Å². The highest BCUT2D eigenvalue weighted by Crippen LogP contribution is 2.01. The first-order valence-corrected chi connectivity index (χ1v) is 4.20. The summed E-state index contributed by atoms with van der Waals surface area (Å²) in [5.41, 5.74) is 1.19. The standard InChI is InChI=1S/C8H11Cl.C2H6/c1-4-7(2)5-6-8(3)9;1-2/h4-6H,3H2,1-2H3;1-2H3/b6-5-,7-4-;. The maximum absolute atomic E-state index is 5.47. The predicted molar refractivity (Wildman–Crippen MR) is 54.9 cm³/mol. The molecule has 0 radical (unpaired) electrons. The maximum atomic E-state index is 5.47. The maximum Gasteiger partial charge on any atom is 0.0334 e. The molecule has 0 heterocycles. The first kappa shape index (κ1) is 13.1. The van der Waals surface area contributed by atoms with Crippen LogP contribution >= 0.6 is 11.6 Å². The summed E-state index contributed by atoms with van der Waals surface area (Å²) in [6.07, 6.45) is 5.71. The fraction of sp³-hybridized carbons (Fsp3) is 0.400. The number of rotatable bonds is 2. The zero-order valence-electron chi connectivity index (χ0n) is 7.82. The van der Waals surface area contributed by atoms with Gasteiger partial charge in [-0.15, -0.1) is 0 Å². The van der Waals surface area contributed by atoms with Crippen molar-refractivity contribution in [1.82, 2.24) is 0 Å². The normalized spacial score (nSPS) is 10.8. The fourth-order valence-corrected chi connectivity index (χ4v) is 0.381. The lowest BCUT2D eigenvalue weighted by Gasteiger charge is -1.85. The average Bonchev–Trinajstić information content (AvgIpc) is 2.04. The van der Waals surface area contributed by atoms with Gasteiger partial charge in [-0.25, -0.2) is 0 Å². The van der Waals surface area contributed by atoms with Crippen LogP contribution in [0.1, 0.15) is 27.7 Å². The molecule has 0 aliphatic heterocycles. The predicted octanol–water partition coefficient (Wildman–Crippen LogP) is 4.29. The van der Waals surface area contributed by atoms with Crippen LogP contribution in [0.3, 0.4) is 0 Å². The molecule has 0 aromatic rings. The van der Waals surface area contributed by atoms with E-state index in [2.05, 4.69) is 6.58 Å². The van der Waals surface area contributed by atoms with Gasteiger partial charge in [0.05, 0.1) is 0 Å². The second-order valence-electron chi connectivity index (χ2n) is 1.81. The van der Waals surface area contributed by atoms with E-state index in [-0.39, 0.29) is 0 Å². The molecule has 1 heteroatoms. The number of allylic oxidation sites excluding steroid dienone is 5. The van der Waals surface area contributed by atoms with Crippen molar-refractivity contribution in [2.45, 2.75) is 27.7 Å². The molecule has 11 heavy (non-hydrogen) atoms. The van der Waals surface area contributed by atoms with Gasteiger partial charge in [0.25, 0.3) is 0 Å². The van der Waals surface area contributed by atoms with Gasteiger partial charge in [-0.2, -0.15) is 0 Å². The molecule has 0 aromatic carbocycles. The third-order valence-corrected chi connectivity index (χ3v) is 1.11. The molecule has 0 saturated carbocycles. The molecule has 0 bridgehead atoms. The summed E-state index contributed by atoms with van der Waals surface area (Å²) in [4.78, 5) is 0. The summed E-state index contributed by atoms with van der Waals surface area (Å²) in [6.45, 7) is 11.5. The minimum absolute atomic E-state index is 0.566. The van der Waals surface area contributed by atoms with Crippen LogP contribution in [0.2, 0.25) is 0 Å². The molecule has 0 atom stereocenters. The Hall–Kier alpha value is -0.490. The van der Waals surface area contributed by atoms with E-state index in [1.807, 2.05) is 39.8 Å².